The largest absolute Gasteiger partial charge is 0.508 e. The van der Waals surface area contributed by atoms with Crippen molar-refractivity contribution in [2.75, 3.05) is 4.31 Å². The Balaban J connectivity index is 1.45. The molecule has 1 saturated heterocycles. The van der Waals surface area contributed by atoms with Gasteiger partial charge in [-0.25, -0.2) is 12.8 Å². The number of aromatic hydroxyl groups is 2. The van der Waals surface area contributed by atoms with Gasteiger partial charge in [0.2, 0.25) is 10.0 Å². The average Bonchev–Trinajstić information content (AvgIpc) is 2.89. The van der Waals surface area contributed by atoms with Crippen molar-refractivity contribution in [1.29, 1.82) is 0 Å². The molecule has 3 atom stereocenters. The molecule has 0 bridgehead atoms. The molecule has 0 unspecified atom stereocenters. The predicted molar refractivity (Wildman–Crippen MR) is 140 cm³/mol. The lowest BCUT2D eigenvalue weighted by Gasteiger charge is -2.48. The second-order valence-electron chi connectivity index (χ2n) is 9.12. The van der Waals surface area contributed by atoms with E-state index in [-0.39, 0.29) is 24.3 Å². The van der Waals surface area contributed by atoms with Crippen LogP contribution in [0.25, 0.3) is 11.1 Å². The summed E-state index contributed by atoms with van der Waals surface area (Å²) in [6.45, 7) is 0. The number of halogens is 1. The van der Waals surface area contributed by atoms with E-state index in [2.05, 4.69) is 0 Å². The van der Waals surface area contributed by atoms with Crippen LogP contribution in [0.4, 0.5) is 10.1 Å². The highest BCUT2D eigenvalue weighted by molar-refractivity contribution is 7.95. The third kappa shape index (κ3) is 4.77. The Hall–Kier alpha value is -3.88. The van der Waals surface area contributed by atoms with Gasteiger partial charge in [0.1, 0.15) is 22.6 Å². The number of anilines is 1. The van der Waals surface area contributed by atoms with Gasteiger partial charge in [-0.2, -0.15) is 0 Å². The van der Waals surface area contributed by atoms with E-state index in [1.807, 2.05) is 42.5 Å². The minimum absolute atomic E-state index is 0.116. The van der Waals surface area contributed by atoms with Crippen LogP contribution >= 0.6 is 0 Å². The lowest BCUT2D eigenvalue weighted by Crippen LogP contribution is -2.58. The van der Waals surface area contributed by atoms with Gasteiger partial charge >= 0.3 is 0 Å². The van der Waals surface area contributed by atoms with E-state index in [9.17, 15) is 28.1 Å². The maximum absolute atomic E-state index is 13.5. The third-order valence-corrected chi connectivity index (χ3v) is 9.05. The second-order valence-corrected chi connectivity index (χ2v) is 11.2. The zero-order chi connectivity index (χ0) is 26.2. The van der Waals surface area contributed by atoms with E-state index in [4.69, 9.17) is 0 Å². The van der Waals surface area contributed by atoms with Crippen LogP contribution in [0, 0.1) is 5.82 Å². The van der Waals surface area contributed by atoms with Crippen molar-refractivity contribution in [3.63, 3.8) is 0 Å². The average molecular weight is 520 g/mol. The molecule has 3 N–H and O–H groups in total. The highest BCUT2D eigenvalue weighted by Crippen LogP contribution is 2.50. The molecule has 190 valence electrons. The molecular formula is C29H26FNO5S. The molecule has 0 aromatic heterocycles. The van der Waals surface area contributed by atoms with Crippen LogP contribution in [0.15, 0.2) is 97.1 Å². The molecule has 1 fully saturated rings. The first-order chi connectivity index (χ1) is 17.8. The van der Waals surface area contributed by atoms with E-state index in [0.29, 0.717) is 16.8 Å². The Labute approximate surface area is 214 Å². The summed E-state index contributed by atoms with van der Waals surface area (Å²) in [5, 5.41) is 30.1. The number of phenols is 2. The summed E-state index contributed by atoms with van der Waals surface area (Å²) in [5.41, 5.74) is 3.25. The number of hydrogen-bond donors (Lipinski definition) is 3. The van der Waals surface area contributed by atoms with Crippen molar-refractivity contribution in [2.24, 2.45) is 0 Å². The van der Waals surface area contributed by atoms with E-state index >= 15 is 0 Å². The van der Waals surface area contributed by atoms with Gasteiger partial charge in [-0.1, -0.05) is 54.6 Å². The number of benzene rings is 4. The molecule has 4 aromatic rings. The number of rotatable bonds is 7. The SMILES string of the molecule is O=S1(=O)[C@@H](CC[C@H](O)c2ccc(F)cc2)[C@@H](c2ccc(O)cc2O)N1c1ccc(-c2ccccc2)cc1. The van der Waals surface area contributed by atoms with E-state index < -0.39 is 33.2 Å². The summed E-state index contributed by atoms with van der Waals surface area (Å²) in [6.07, 6.45) is -0.722. The van der Waals surface area contributed by atoms with Crippen LogP contribution in [-0.4, -0.2) is 29.0 Å². The smallest absolute Gasteiger partial charge is 0.241 e. The monoisotopic (exact) mass is 519 g/mol. The quantitative estimate of drug-likeness (QED) is 0.292. The molecule has 6 nitrogen and oxygen atoms in total. The highest BCUT2D eigenvalue weighted by atomic mass is 32.2. The molecule has 0 amide bonds. The lowest BCUT2D eigenvalue weighted by molar-refractivity contribution is 0.162. The van der Waals surface area contributed by atoms with E-state index in [0.717, 1.165) is 11.1 Å². The molecule has 1 aliphatic heterocycles. The number of nitrogens with zero attached hydrogens (tertiary/aromatic N) is 1. The van der Waals surface area contributed by atoms with Crippen LogP contribution in [0.3, 0.4) is 0 Å². The fourth-order valence-corrected chi connectivity index (χ4v) is 7.00. The normalized spacial score (nSPS) is 19.2. The minimum Gasteiger partial charge on any atom is -0.508 e. The zero-order valence-corrected chi connectivity index (χ0v) is 20.6. The van der Waals surface area contributed by atoms with Crippen LogP contribution in [0.5, 0.6) is 11.5 Å². The second kappa shape index (κ2) is 9.88. The highest BCUT2D eigenvalue weighted by Gasteiger charge is 2.54. The summed E-state index contributed by atoms with van der Waals surface area (Å²) < 4.78 is 41.6. The van der Waals surface area contributed by atoms with E-state index in [1.165, 1.54) is 46.8 Å². The number of hydrogen-bond acceptors (Lipinski definition) is 5. The van der Waals surface area contributed by atoms with E-state index in [1.54, 1.807) is 12.1 Å². The van der Waals surface area contributed by atoms with Crippen molar-refractivity contribution in [3.05, 3.63) is 114 Å². The fraction of sp³-hybridized carbons (Fsp3) is 0.172. The molecular weight excluding hydrogens is 493 g/mol. The molecule has 1 heterocycles. The maximum Gasteiger partial charge on any atom is 0.241 e. The van der Waals surface area contributed by atoms with Gasteiger partial charge in [-0.3, -0.25) is 4.31 Å². The Morgan fingerprint density at radius 2 is 1.49 bits per heavy atom. The van der Waals surface area contributed by atoms with Crippen LogP contribution in [0.1, 0.15) is 36.1 Å². The Kier molecular flexibility index (Phi) is 6.62. The summed E-state index contributed by atoms with van der Waals surface area (Å²) in [5.74, 6) is -0.769. The van der Waals surface area contributed by atoms with Crippen molar-refractivity contribution in [2.45, 2.75) is 30.2 Å². The molecule has 4 aromatic carbocycles. The van der Waals surface area contributed by atoms with Gasteiger partial charge < -0.3 is 15.3 Å². The molecule has 5 rings (SSSR count). The van der Waals surface area contributed by atoms with Crippen molar-refractivity contribution in [1.82, 2.24) is 0 Å². The Morgan fingerprint density at radius 1 is 0.838 bits per heavy atom. The first-order valence-corrected chi connectivity index (χ1v) is 13.4. The summed E-state index contributed by atoms with van der Waals surface area (Å²) in [7, 11) is -3.81. The number of aliphatic hydroxyl groups excluding tert-OH is 1. The molecule has 1 aliphatic rings. The first-order valence-electron chi connectivity index (χ1n) is 11.9. The molecule has 37 heavy (non-hydrogen) atoms. The van der Waals surface area contributed by atoms with Crippen LogP contribution in [-0.2, 0) is 10.0 Å². The number of aliphatic hydroxyl groups is 1. The molecule has 8 heteroatoms. The van der Waals surface area contributed by atoms with Crippen LogP contribution < -0.4 is 4.31 Å². The van der Waals surface area contributed by atoms with Crippen LogP contribution in [0.2, 0.25) is 0 Å². The van der Waals surface area contributed by atoms with Gasteiger partial charge in [0.05, 0.1) is 17.8 Å². The molecule has 0 radical (unpaired) electrons. The first kappa shape index (κ1) is 24.8. The summed E-state index contributed by atoms with van der Waals surface area (Å²) in [4.78, 5) is 0. The van der Waals surface area contributed by atoms with Gasteiger partial charge in [0.25, 0.3) is 0 Å². The lowest BCUT2D eigenvalue weighted by atomic mass is 9.95. The predicted octanol–water partition coefficient (Wildman–Crippen LogP) is 5.68. The third-order valence-electron chi connectivity index (χ3n) is 6.80. The van der Waals surface area contributed by atoms with Gasteiger partial charge in [-0.05, 0) is 65.9 Å². The summed E-state index contributed by atoms with van der Waals surface area (Å²) in [6, 6.07) is 25.7. The Bertz CT molecular complexity index is 1490. The maximum atomic E-state index is 13.5. The molecule has 0 spiro atoms. The number of phenolic OH excluding ortho intramolecular Hbond substituents is 2. The zero-order valence-electron chi connectivity index (χ0n) is 19.8. The molecule has 0 aliphatic carbocycles. The van der Waals surface area contributed by atoms with Gasteiger partial charge in [-0.15, -0.1) is 0 Å². The van der Waals surface area contributed by atoms with Gasteiger partial charge in [0, 0.05) is 11.6 Å². The van der Waals surface area contributed by atoms with Crippen molar-refractivity contribution < 1.29 is 28.1 Å². The van der Waals surface area contributed by atoms with Crippen molar-refractivity contribution in [3.8, 4) is 22.6 Å². The molecule has 0 saturated carbocycles. The standard InChI is InChI=1S/C29H26FNO5S/c30-22-10-6-21(7-11-22)26(33)16-17-28-29(25-15-14-24(32)18-27(25)34)31(37(28,35)36)23-12-8-20(9-13-23)19-4-2-1-3-5-19/h1-15,18,26,28-29,32-34H,16-17H2/t26-,28-,29+/m0/s1. The number of sulfonamides is 1. The van der Waals surface area contributed by atoms with Gasteiger partial charge in [0.15, 0.2) is 0 Å². The minimum atomic E-state index is -3.81. The Morgan fingerprint density at radius 3 is 2.14 bits per heavy atom. The summed E-state index contributed by atoms with van der Waals surface area (Å²) >= 11 is 0. The topological polar surface area (TPSA) is 98.1 Å². The fourth-order valence-electron chi connectivity index (χ4n) is 4.88. The van der Waals surface area contributed by atoms with Crippen molar-refractivity contribution >= 4 is 15.7 Å².